The topological polar surface area (TPSA) is 75.4 Å². The lowest BCUT2D eigenvalue weighted by atomic mass is 9.96. The average molecular weight is 394 g/mol. The Morgan fingerprint density at radius 3 is 2.93 bits per heavy atom. The van der Waals surface area contributed by atoms with Crippen molar-refractivity contribution < 1.29 is 9.18 Å². The summed E-state index contributed by atoms with van der Waals surface area (Å²) in [5, 5.41) is 7.40. The van der Waals surface area contributed by atoms with E-state index in [1.807, 2.05) is 4.52 Å². The van der Waals surface area contributed by atoms with E-state index in [4.69, 9.17) is 0 Å². The first-order valence-electron chi connectivity index (χ1n) is 10.2. The third-order valence-electron chi connectivity index (χ3n) is 5.90. The monoisotopic (exact) mass is 394 g/mol. The Hall–Kier alpha value is -3.03. The number of benzene rings is 1. The molecule has 1 aliphatic carbocycles. The number of carbonyl (C=O) groups is 1. The molecule has 0 unspecified atom stereocenters. The predicted molar refractivity (Wildman–Crippen MR) is 106 cm³/mol. The number of carbonyl (C=O) groups excluding carboxylic acids is 1. The van der Waals surface area contributed by atoms with Crippen LogP contribution in [0.2, 0.25) is 0 Å². The van der Waals surface area contributed by atoms with Crippen LogP contribution in [0.1, 0.15) is 36.1 Å². The number of amides is 1. The van der Waals surface area contributed by atoms with Crippen LogP contribution in [0.3, 0.4) is 0 Å². The van der Waals surface area contributed by atoms with E-state index in [0.717, 1.165) is 55.7 Å². The SMILES string of the molecule is O=C(NCc1ccc(F)cc1)[C@H]1CCCN(c2c3c(nc4ncnn24)CCC3)C1. The minimum atomic E-state index is -0.271. The van der Waals surface area contributed by atoms with Crippen LogP contribution in [-0.2, 0) is 24.2 Å². The highest BCUT2D eigenvalue weighted by molar-refractivity contribution is 5.79. The minimum Gasteiger partial charge on any atom is -0.355 e. The largest absolute Gasteiger partial charge is 0.355 e. The molecule has 8 heteroatoms. The number of aromatic nitrogens is 4. The van der Waals surface area contributed by atoms with Crippen molar-refractivity contribution in [3.05, 3.63) is 53.2 Å². The summed E-state index contributed by atoms with van der Waals surface area (Å²) in [5.41, 5.74) is 3.25. The lowest BCUT2D eigenvalue weighted by Crippen LogP contribution is -2.44. The fourth-order valence-electron chi connectivity index (χ4n) is 4.45. The third kappa shape index (κ3) is 3.43. The normalized spacial score (nSPS) is 18.8. The highest BCUT2D eigenvalue weighted by Gasteiger charge is 2.31. The van der Waals surface area contributed by atoms with Gasteiger partial charge in [-0.15, -0.1) is 0 Å². The molecule has 1 fully saturated rings. The fourth-order valence-corrected chi connectivity index (χ4v) is 4.45. The van der Waals surface area contributed by atoms with E-state index in [-0.39, 0.29) is 17.6 Å². The molecular weight excluding hydrogens is 371 g/mol. The lowest BCUT2D eigenvalue weighted by molar-refractivity contribution is -0.125. The first-order valence-corrected chi connectivity index (χ1v) is 10.2. The summed E-state index contributed by atoms with van der Waals surface area (Å²) >= 11 is 0. The zero-order chi connectivity index (χ0) is 19.8. The zero-order valence-electron chi connectivity index (χ0n) is 16.1. The van der Waals surface area contributed by atoms with E-state index in [2.05, 4.69) is 25.3 Å². The molecule has 0 radical (unpaired) electrons. The summed E-state index contributed by atoms with van der Waals surface area (Å²) in [6.07, 6.45) is 6.41. The first-order chi connectivity index (χ1) is 14.2. The van der Waals surface area contributed by atoms with Gasteiger partial charge < -0.3 is 10.2 Å². The molecule has 7 nitrogen and oxygen atoms in total. The van der Waals surface area contributed by atoms with Gasteiger partial charge in [-0.25, -0.2) is 9.37 Å². The van der Waals surface area contributed by atoms with Gasteiger partial charge in [0, 0.05) is 25.2 Å². The molecule has 29 heavy (non-hydrogen) atoms. The second kappa shape index (κ2) is 7.42. The number of nitrogens with zero attached hydrogens (tertiary/aromatic N) is 5. The van der Waals surface area contributed by atoms with Crippen LogP contribution < -0.4 is 10.2 Å². The van der Waals surface area contributed by atoms with Crippen molar-refractivity contribution >= 4 is 17.5 Å². The summed E-state index contributed by atoms with van der Waals surface area (Å²) in [7, 11) is 0. The van der Waals surface area contributed by atoms with Gasteiger partial charge in [0.15, 0.2) is 0 Å². The highest BCUT2D eigenvalue weighted by atomic mass is 19.1. The number of nitrogens with one attached hydrogen (secondary N) is 1. The second-order valence-electron chi connectivity index (χ2n) is 7.82. The Labute approximate surface area is 168 Å². The van der Waals surface area contributed by atoms with Crippen LogP contribution in [0.15, 0.2) is 30.6 Å². The number of hydrogen-bond acceptors (Lipinski definition) is 5. The van der Waals surface area contributed by atoms with Crippen molar-refractivity contribution in [2.75, 3.05) is 18.0 Å². The standard InChI is InChI=1S/C21H23FN6O/c22-16-8-6-14(7-9-16)11-23-19(29)15-3-2-10-27(12-15)20-17-4-1-5-18(17)26-21-24-13-25-28(20)21/h6-9,13,15H,1-5,10-12H2,(H,23,29)/t15-/m0/s1. The molecule has 5 rings (SSSR count). The second-order valence-corrected chi connectivity index (χ2v) is 7.82. The van der Waals surface area contributed by atoms with E-state index in [1.165, 1.54) is 24.0 Å². The predicted octanol–water partition coefficient (Wildman–Crippen LogP) is 2.28. The van der Waals surface area contributed by atoms with Gasteiger partial charge in [-0.1, -0.05) is 12.1 Å². The van der Waals surface area contributed by atoms with E-state index in [1.54, 1.807) is 12.1 Å². The maximum atomic E-state index is 13.1. The smallest absolute Gasteiger partial charge is 0.254 e. The van der Waals surface area contributed by atoms with Gasteiger partial charge in [-0.2, -0.15) is 14.6 Å². The summed E-state index contributed by atoms with van der Waals surface area (Å²) in [6.45, 7) is 1.96. The summed E-state index contributed by atoms with van der Waals surface area (Å²) in [5.74, 6) is 1.36. The Bertz CT molecular complexity index is 1050. The van der Waals surface area contributed by atoms with Crippen LogP contribution in [0.4, 0.5) is 10.2 Å². The summed E-state index contributed by atoms with van der Waals surface area (Å²) in [6, 6.07) is 6.23. The first kappa shape index (κ1) is 18.0. The molecule has 0 spiro atoms. The maximum absolute atomic E-state index is 13.1. The Balaban J connectivity index is 1.33. The maximum Gasteiger partial charge on any atom is 0.254 e. The zero-order valence-corrected chi connectivity index (χ0v) is 16.1. The summed E-state index contributed by atoms with van der Waals surface area (Å²) in [4.78, 5) is 24.0. The molecule has 2 aliphatic rings. The van der Waals surface area contributed by atoms with Gasteiger partial charge in [-0.05, 0) is 49.8 Å². The molecule has 1 saturated heterocycles. The van der Waals surface area contributed by atoms with Crippen LogP contribution in [0.5, 0.6) is 0 Å². The molecule has 1 aromatic carbocycles. The molecule has 3 heterocycles. The average Bonchev–Trinajstić information content (AvgIpc) is 3.40. The number of anilines is 1. The van der Waals surface area contributed by atoms with Crippen LogP contribution in [0, 0.1) is 11.7 Å². The molecule has 2 aromatic heterocycles. The van der Waals surface area contributed by atoms with Crippen molar-refractivity contribution in [3.8, 4) is 0 Å². The Morgan fingerprint density at radius 1 is 1.21 bits per heavy atom. The highest BCUT2D eigenvalue weighted by Crippen LogP contribution is 2.33. The lowest BCUT2D eigenvalue weighted by Gasteiger charge is -2.34. The van der Waals surface area contributed by atoms with E-state index in [9.17, 15) is 9.18 Å². The molecule has 0 bridgehead atoms. The van der Waals surface area contributed by atoms with Gasteiger partial charge in [-0.3, -0.25) is 4.79 Å². The number of aryl methyl sites for hydroxylation is 1. The van der Waals surface area contributed by atoms with Crippen molar-refractivity contribution in [1.29, 1.82) is 0 Å². The van der Waals surface area contributed by atoms with Crippen molar-refractivity contribution in [1.82, 2.24) is 24.9 Å². The van der Waals surface area contributed by atoms with E-state index < -0.39 is 0 Å². The van der Waals surface area contributed by atoms with E-state index in [0.29, 0.717) is 18.9 Å². The van der Waals surface area contributed by atoms with Gasteiger partial charge in [0.05, 0.1) is 11.6 Å². The number of hydrogen-bond donors (Lipinski definition) is 1. The van der Waals surface area contributed by atoms with E-state index >= 15 is 0 Å². The Kier molecular flexibility index (Phi) is 4.61. The number of rotatable bonds is 4. The molecule has 1 amide bonds. The number of fused-ring (bicyclic) bond motifs is 2. The van der Waals surface area contributed by atoms with Gasteiger partial charge >= 0.3 is 0 Å². The molecule has 1 atom stereocenters. The molecule has 1 N–H and O–H groups in total. The minimum absolute atomic E-state index is 0.0413. The molecule has 0 saturated carbocycles. The number of halogens is 1. The summed E-state index contributed by atoms with van der Waals surface area (Å²) < 4.78 is 14.9. The molecule has 150 valence electrons. The van der Waals surface area contributed by atoms with Gasteiger partial charge in [0.25, 0.3) is 5.78 Å². The third-order valence-corrected chi connectivity index (χ3v) is 5.90. The van der Waals surface area contributed by atoms with Crippen LogP contribution in [0.25, 0.3) is 5.78 Å². The van der Waals surface area contributed by atoms with Crippen molar-refractivity contribution in [2.45, 2.75) is 38.6 Å². The van der Waals surface area contributed by atoms with Gasteiger partial charge in [0.2, 0.25) is 5.91 Å². The molecular formula is C21H23FN6O. The molecule has 3 aromatic rings. The van der Waals surface area contributed by atoms with Crippen LogP contribution in [-0.4, -0.2) is 38.6 Å². The quantitative estimate of drug-likeness (QED) is 0.735. The van der Waals surface area contributed by atoms with Crippen molar-refractivity contribution in [3.63, 3.8) is 0 Å². The fraction of sp³-hybridized carbons (Fsp3) is 0.429. The van der Waals surface area contributed by atoms with Gasteiger partial charge in [0.1, 0.15) is 18.0 Å². The van der Waals surface area contributed by atoms with Crippen LogP contribution >= 0.6 is 0 Å². The van der Waals surface area contributed by atoms with Crippen molar-refractivity contribution in [2.24, 2.45) is 5.92 Å². The number of piperidine rings is 1. The molecule has 1 aliphatic heterocycles. The Morgan fingerprint density at radius 2 is 2.07 bits per heavy atom.